The van der Waals surface area contributed by atoms with Gasteiger partial charge in [0.2, 0.25) is 5.91 Å². The minimum Gasteiger partial charge on any atom is -0.383 e. The normalized spacial score (nSPS) is 11.3. The fourth-order valence-corrected chi connectivity index (χ4v) is 3.14. The van der Waals surface area contributed by atoms with Crippen LogP contribution in [-0.4, -0.2) is 16.1 Å². The van der Waals surface area contributed by atoms with E-state index in [0.717, 1.165) is 11.8 Å². The number of aromatic nitrogens is 1. The molecule has 0 bridgehead atoms. The lowest BCUT2D eigenvalue weighted by Crippen LogP contribution is -2.23. The maximum Gasteiger partial charge on any atom is 0.230 e. The summed E-state index contributed by atoms with van der Waals surface area (Å²) < 4.78 is 0. The van der Waals surface area contributed by atoms with Crippen molar-refractivity contribution in [2.75, 3.05) is 5.73 Å². The Labute approximate surface area is 148 Å². The van der Waals surface area contributed by atoms with Gasteiger partial charge in [0.1, 0.15) is 28.5 Å². The molecule has 0 saturated heterocycles. The van der Waals surface area contributed by atoms with Gasteiger partial charge in [-0.3, -0.25) is 4.79 Å². The third-order valence-corrected chi connectivity index (χ3v) is 4.68. The van der Waals surface area contributed by atoms with Crippen LogP contribution in [0.4, 0.5) is 5.82 Å². The molecule has 8 heteroatoms. The summed E-state index contributed by atoms with van der Waals surface area (Å²) in [6.45, 7) is 1.60. The van der Waals surface area contributed by atoms with Crippen molar-refractivity contribution in [2.24, 2.45) is 5.73 Å². The van der Waals surface area contributed by atoms with Crippen LogP contribution in [-0.2, 0) is 4.79 Å². The smallest absolute Gasteiger partial charge is 0.230 e. The van der Waals surface area contributed by atoms with Crippen LogP contribution in [0.25, 0.3) is 11.1 Å². The zero-order valence-corrected chi connectivity index (χ0v) is 14.1. The number of carbonyl (C=O) groups is 1. The number of benzene rings is 1. The Morgan fingerprint density at radius 3 is 2.46 bits per heavy atom. The molecule has 0 saturated carbocycles. The van der Waals surface area contributed by atoms with Crippen molar-refractivity contribution < 1.29 is 4.79 Å². The minimum atomic E-state index is -0.615. The fourth-order valence-electron chi connectivity index (χ4n) is 2.04. The number of hydrogen-bond donors (Lipinski definition) is 2. The van der Waals surface area contributed by atoms with Crippen molar-refractivity contribution in [2.45, 2.75) is 17.2 Å². The Balaban J connectivity index is 2.80. The lowest BCUT2D eigenvalue weighted by molar-refractivity contribution is -0.117. The predicted octanol–water partition coefficient (Wildman–Crippen LogP) is 2.69. The highest BCUT2D eigenvalue weighted by Crippen LogP contribution is 2.39. The first-order chi connectivity index (χ1) is 11.4. The Kier molecular flexibility index (Phi) is 5.30. The second-order valence-corrected chi connectivity index (χ2v) is 6.53. The molecule has 2 aromatic rings. The van der Waals surface area contributed by atoms with Gasteiger partial charge in [-0.05, 0) is 13.0 Å². The van der Waals surface area contributed by atoms with E-state index in [1.54, 1.807) is 31.2 Å². The molecule has 24 heavy (non-hydrogen) atoms. The van der Waals surface area contributed by atoms with Gasteiger partial charge in [-0.1, -0.05) is 41.6 Å². The third kappa shape index (κ3) is 3.28. The Hall–Kier alpha value is -2.74. The summed E-state index contributed by atoms with van der Waals surface area (Å²) >= 11 is 7.23. The van der Waals surface area contributed by atoms with Crippen molar-refractivity contribution in [3.63, 3.8) is 0 Å². The molecule has 1 aromatic heterocycles. The molecular weight excluding hydrogens is 346 g/mol. The van der Waals surface area contributed by atoms with E-state index in [9.17, 15) is 15.3 Å². The molecule has 0 spiro atoms. The molecule has 1 heterocycles. The van der Waals surface area contributed by atoms with E-state index in [4.69, 9.17) is 23.1 Å². The number of nitrogens with two attached hydrogens (primary N) is 2. The number of hydrogen-bond acceptors (Lipinski definition) is 6. The molecule has 1 aromatic carbocycles. The number of nitrogen functional groups attached to an aromatic ring is 1. The van der Waals surface area contributed by atoms with Crippen molar-refractivity contribution >= 4 is 35.1 Å². The van der Waals surface area contributed by atoms with Gasteiger partial charge in [0, 0.05) is 16.1 Å². The maximum absolute atomic E-state index is 11.3. The van der Waals surface area contributed by atoms with Gasteiger partial charge in [0.05, 0.1) is 10.8 Å². The number of amides is 1. The van der Waals surface area contributed by atoms with Gasteiger partial charge in [-0.2, -0.15) is 10.5 Å². The average molecular weight is 358 g/mol. The Morgan fingerprint density at radius 1 is 1.29 bits per heavy atom. The SMILES string of the molecule is CC(Sc1nc(N)c(C#N)c(-c2ccccc2Cl)c1C#N)C(N)=O. The number of carbonyl (C=O) groups excluding carboxylic acids is 1. The first-order valence-electron chi connectivity index (χ1n) is 6.75. The number of pyridine rings is 1. The summed E-state index contributed by atoms with van der Waals surface area (Å²) in [6, 6.07) is 10.8. The van der Waals surface area contributed by atoms with Gasteiger partial charge in [-0.25, -0.2) is 4.98 Å². The van der Waals surface area contributed by atoms with Gasteiger partial charge >= 0.3 is 0 Å². The molecule has 1 atom stereocenters. The summed E-state index contributed by atoms with van der Waals surface area (Å²) in [4.78, 5) is 15.4. The molecule has 0 aliphatic heterocycles. The van der Waals surface area contributed by atoms with E-state index in [2.05, 4.69) is 4.98 Å². The number of anilines is 1. The van der Waals surface area contributed by atoms with Crippen LogP contribution >= 0.6 is 23.4 Å². The van der Waals surface area contributed by atoms with Gasteiger partial charge in [0.25, 0.3) is 0 Å². The molecule has 0 radical (unpaired) electrons. The number of thioether (sulfide) groups is 1. The number of halogens is 1. The first-order valence-corrected chi connectivity index (χ1v) is 8.01. The second kappa shape index (κ2) is 7.22. The van der Waals surface area contributed by atoms with Crippen molar-refractivity contribution in [3.05, 3.63) is 40.4 Å². The van der Waals surface area contributed by atoms with E-state index in [1.165, 1.54) is 0 Å². The van der Waals surface area contributed by atoms with Crippen LogP contribution < -0.4 is 11.5 Å². The molecule has 1 amide bonds. The highest BCUT2D eigenvalue weighted by Gasteiger charge is 2.24. The number of rotatable bonds is 4. The van der Waals surface area contributed by atoms with Crippen LogP contribution in [0.1, 0.15) is 18.1 Å². The van der Waals surface area contributed by atoms with E-state index < -0.39 is 11.2 Å². The van der Waals surface area contributed by atoms with Gasteiger partial charge in [0.15, 0.2) is 0 Å². The summed E-state index contributed by atoms with van der Waals surface area (Å²) in [5, 5.41) is 19.0. The predicted molar refractivity (Wildman–Crippen MR) is 93.0 cm³/mol. The van der Waals surface area contributed by atoms with E-state index >= 15 is 0 Å². The zero-order chi connectivity index (χ0) is 17.9. The molecule has 1 unspecified atom stereocenters. The molecule has 0 aliphatic carbocycles. The van der Waals surface area contributed by atoms with Crippen molar-refractivity contribution in [1.82, 2.24) is 4.98 Å². The molecule has 0 aliphatic rings. The van der Waals surface area contributed by atoms with E-state index in [1.807, 2.05) is 12.1 Å². The van der Waals surface area contributed by atoms with Crippen LogP contribution in [0.3, 0.4) is 0 Å². The van der Waals surface area contributed by atoms with Gasteiger partial charge in [-0.15, -0.1) is 0 Å². The monoisotopic (exact) mass is 357 g/mol. The van der Waals surface area contributed by atoms with Crippen LogP contribution in [0.2, 0.25) is 5.02 Å². The van der Waals surface area contributed by atoms with Crippen molar-refractivity contribution in [1.29, 1.82) is 10.5 Å². The quantitative estimate of drug-likeness (QED) is 0.809. The summed E-state index contributed by atoms with van der Waals surface area (Å²) in [5.41, 5.74) is 12.1. The minimum absolute atomic E-state index is 0.0365. The summed E-state index contributed by atoms with van der Waals surface area (Å²) in [7, 11) is 0. The fraction of sp³-hybridized carbons (Fsp3) is 0.125. The molecule has 0 fully saturated rings. The van der Waals surface area contributed by atoms with Crippen LogP contribution in [0.15, 0.2) is 29.3 Å². The van der Waals surface area contributed by atoms with Gasteiger partial charge < -0.3 is 11.5 Å². The molecular formula is C16H12ClN5OS. The zero-order valence-electron chi connectivity index (χ0n) is 12.6. The van der Waals surface area contributed by atoms with Crippen LogP contribution in [0.5, 0.6) is 0 Å². The summed E-state index contributed by atoms with van der Waals surface area (Å²) in [5.74, 6) is -0.585. The van der Waals surface area contributed by atoms with Crippen molar-refractivity contribution in [3.8, 4) is 23.3 Å². The number of nitrogens with zero attached hydrogens (tertiary/aromatic N) is 3. The standard InChI is InChI=1S/C16H12ClN5OS/c1-8(15(21)23)24-16-11(7-19)13(10(6-18)14(20)22-16)9-4-2-3-5-12(9)17/h2-5,8H,1H3,(H2,20,22)(H2,21,23). The second-order valence-electron chi connectivity index (χ2n) is 4.79. The van der Waals surface area contributed by atoms with E-state index in [-0.39, 0.29) is 22.0 Å². The highest BCUT2D eigenvalue weighted by molar-refractivity contribution is 8.00. The Morgan fingerprint density at radius 2 is 1.92 bits per heavy atom. The van der Waals surface area contributed by atoms with Crippen LogP contribution in [0, 0.1) is 22.7 Å². The highest BCUT2D eigenvalue weighted by atomic mass is 35.5. The topological polar surface area (TPSA) is 130 Å². The molecule has 2 rings (SSSR count). The first kappa shape index (κ1) is 17.6. The number of primary amides is 1. The summed E-state index contributed by atoms with van der Waals surface area (Å²) in [6.07, 6.45) is 0. The number of nitriles is 2. The lowest BCUT2D eigenvalue weighted by Gasteiger charge is -2.15. The molecule has 6 nitrogen and oxygen atoms in total. The van der Waals surface area contributed by atoms with E-state index in [0.29, 0.717) is 16.1 Å². The molecule has 4 N–H and O–H groups in total. The average Bonchev–Trinajstić information content (AvgIpc) is 2.54. The largest absolute Gasteiger partial charge is 0.383 e. The maximum atomic E-state index is 11.3. The third-order valence-electron chi connectivity index (χ3n) is 3.25. The Bertz CT molecular complexity index is 901. The molecule has 120 valence electrons. The lowest BCUT2D eigenvalue weighted by atomic mass is 9.97.